The summed E-state index contributed by atoms with van der Waals surface area (Å²) in [6.45, 7) is 0. The lowest BCUT2D eigenvalue weighted by Crippen LogP contribution is -2.06. The molecule has 0 aromatic heterocycles. The Morgan fingerprint density at radius 3 is 2.60 bits per heavy atom. The summed E-state index contributed by atoms with van der Waals surface area (Å²) in [5, 5.41) is 9.67. The van der Waals surface area contributed by atoms with Crippen LogP contribution >= 0.6 is 27.5 Å². The summed E-state index contributed by atoms with van der Waals surface area (Å²) >= 11 is 9.29. The molecule has 20 heavy (non-hydrogen) atoms. The highest BCUT2D eigenvalue weighted by Gasteiger charge is 2.17. The third kappa shape index (κ3) is 3.48. The monoisotopic (exact) mass is 372 g/mol. The molecule has 1 atom stereocenters. The maximum atomic E-state index is 12.4. The summed E-state index contributed by atoms with van der Waals surface area (Å²) in [4.78, 5) is 11.5. The minimum atomic E-state index is -1.48. The van der Waals surface area contributed by atoms with Gasteiger partial charge in [0.2, 0.25) is 0 Å². The minimum Gasteiger partial charge on any atom is -0.478 e. The van der Waals surface area contributed by atoms with Gasteiger partial charge in [-0.2, -0.15) is 0 Å². The van der Waals surface area contributed by atoms with Gasteiger partial charge >= 0.3 is 5.97 Å². The quantitative estimate of drug-likeness (QED) is 0.877. The lowest BCUT2D eigenvalue weighted by molar-refractivity contribution is 0.0693. The normalized spacial score (nSPS) is 12.1. The van der Waals surface area contributed by atoms with Gasteiger partial charge in [-0.3, -0.25) is 4.21 Å². The molecule has 0 aliphatic rings. The van der Waals surface area contributed by atoms with Crippen molar-refractivity contribution in [2.24, 2.45) is 0 Å². The first-order chi connectivity index (χ1) is 9.49. The van der Waals surface area contributed by atoms with E-state index in [-0.39, 0.29) is 16.2 Å². The van der Waals surface area contributed by atoms with Crippen molar-refractivity contribution in [3.05, 3.63) is 63.1 Å². The lowest BCUT2D eigenvalue weighted by Gasteiger charge is -2.08. The number of carbonyl (C=O) groups is 1. The highest BCUT2D eigenvalue weighted by atomic mass is 79.9. The van der Waals surface area contributed by atoms with Crippen LogP contribution in [-0.4, -0.2) is 15.3 Å². The van der Waals surface area contributed by atoms with Crippen molar-refractivity contribution in [2.75, 3.05) is 0 Å². The van der Waals surface area contributed by atoms with Crippen LogP contribution in [0.2, 0.25) is 5.02 Å². The zero-order valence-electron chi connectivity index (χ0n) is 10.2. The Labute approximate surface area is 132 Å². The molecule has 0 saturated heterocycles. The summed E-state index contributed by atoms with van der Waals surface area (Å²) in [5.41, 5.74) is 0.766. The van der Waals surface area contributed by atoms with Gasteiger partial charge in [0, 0.05) is 9.50 Å². The predicted octanol–water partition coefficient (Wildman–Crippen LogP) is 4.11. The second kappa shape index (κ2) is 6.52. The molecule has 0 aliphatic carbocycles. The summed E-state index contributed by atoms with van der Waals surface area (Å²) < 4.78 is 13.1. The Morgan fingerprint density at radius 2 is 1.95 bits per heavy atom. The molecule has 1 unspecified atom stereocenters. The molecule has 104 valence electrons. The van der Waals surface area contributed by atoms with Gasteiger partial charge in [-0.05, 0) is 29.8 Å². The van der Waals surface area contributed by atoms with Gasteiger partial charge in [-0.1, -0.05) is 45.7 Å². The fourth-order valence-corrected chi connectivity index (χ4v) is 3.84. The molecule has 0 amide bonds. The topological polar surface area (TPSA) is 54.4 Å². The van der Waals surface area contributed by atoms with Crippen molar-refractivity contribution in [1.82, 2.24) is 0 Å². The van der Waals surface area contributed by atoms with Crippen LogP contribution in [0.15, 0.2) is 51.8 Å². The number of carboxylic acids is 1. The fourth-order valence-electron chi connectivity index (χ4n) is 1.70. The number of hydrogen-bond donors (Lipinski definition) is 1. The Hall–Kier alpha value is -1.17. The van der Waals surface area contributed by atoms with E-state index in [4.69, 9.17) is 16.7 Å². The molecule has 6 heteroatoms. The molecule has 2 aromatic carbocycles. The molecule has 0 spiro atoms. The van der Waals surface area contributed by atoms with E-state index in [1.807, 2.05) is 0 Å². The predicted molar refractivity (Wildman–Crippen MR) is 82.7 cm³/mol. The first-order valence-corrected chi connectivity index (χ1v) is 8.12. The van der Waals surface area contributed by atoms with Crippen LogP contribution in [0, 0.1) is 0 Å². The van der Waals surface area contributed by atoms with Crippen LogP contribution in [-0.2, 0) is 16.6 Å². The Balaban J connectivity index is 2.37. The van der Waals surface area contributed by atoms with E-state index in [1.54, 1.807) is 36.4 Å². The van der Waals surface area contributed by atoms with Crippen LogP contribution in [0.25, 0.3) is 0 Å². The number of rotatable bonds is 4. The Kier molecular flexibility index (Phi) is 4.96. The molecule has 3 nitrogen and oxygen atoms in total. The number of benzene rings is 2. The number of hydrogen-bond acceptors (Lipinski definition) is 2. The molecule has 1 N–H and O–H groups in total. The smallest absolute Gasteiger partial charge is 0.336 e. The van der Waals surface area contributed by atoms with Crippen molar-refractivity contribution in [3.8, 4) is 0 Å². The van der Waals surface area contributed by atoms with Gasteiger partial charge in [-0.15, -0.1) is 0 Å². The van der Waals surface area contributed by atoms with E-state index in [0.29, 0.717) is 9.50 Å². The summed E-state index contributed by atoms with van der Waals surface area (Å²) in [5.74, 6) is -0.920. The standard InChI is InChI=1S/C14H10BrClO3S/c15-10-5-6-11(14(17)18)13(7-10)20(19)8-9-3-1-2-4-12(9)16/h1-7H,8H2,(H,17,18). The lowest BCUT2D eigenvalue weighted by atomic mass is 10.2. The van der Waals surface area contributed by atoms with Crippen molar-refractivity contribution in [3.63, 3.8) is 0 Å². The number of aromatic carboxylic acids is 1. The maximum absolute atomic E-state index is 12.4. The summed E-state index contributed by atoms with van der Waals surface area (Å²) in [7, 11) is -1.48. The molecule has 0 aliphatic heterocycles. The second-order valence-electron chi connectivity index (χ2n) is 4.03. The molecule has 2 aromatic rings. The molecule has 0 heterocycles. The zero-order chi connectivity index (χ0) is 14.7. The van der Waals surface area contributed by atoms with E-state index >= 15 is 0 Å². The van der Waals surface area contributed by atoms with E-state index in [1.165, 1.54) is 6.07 Å². The Morgan fingerprint density at radius 1 is 1.25 bits per heavy atom. The van der Waals surface area contributed by atoms with Crippen molar-refractivity contribution < 1.29 is 14.1 Å². The van der Waals surface area contributed by atoms with Crippen LogP contribution in [0.1, 0.15) is 15.9 Å². The van der Waals surface area contributed by atoms with Crippen LogP contribution < -0.4 is 0 Å². The molecule has 0 radical (unpaired) electrons. The molecular weight excluding hydrogens is 364 g/mol. The molecule has 0 saturated carbocycles. The largest absolute Gasteiger partial charge is 0.478 e. The molecule has 0 bridgehead atoms. The van der Waals surface area contributed by atoms with Gasteiger partial charge in [0.1, 0.15) is 0 Å². The van der Waals surface area contributed by atoms with E-state index in [2.05, 4.69) is 15.9 Å². The van der Waals surface area contributed by atoms with E-state index in [9.17, 15) is 9.00 Å². The molecule has 2 rings (SSSR count). The average molecular weight is 374 g/mol. The van der Waals surface area contributed by atoms with Crippen LogP contribution in [0.5, 0.6) is 0 Å². The number of halogens is 2. The fraction of sp³-hybridized carbons (Fsp3) is 0.0714. The van der Waals surface area contributed by atoms with E-state index in [0.717, 1.165) is 5.56 Å². The molecule has 0 fully saturated rings. The maximum Gasteiger partial charge on any atom is 0.336 e. The van der Waals surface area contributed by atoms with Crippen LogP contribution in [0.3, 0.4) is 0 Å². The van der Waals surface area contributed by atoms with Gasteiger partial charge in [0.25, 0.3) is 0 Å². The van der Waals surface area contributed by atoms with Gasteiger partial charge < -0.3 is 5.11 Å². The summed E-state index contributed by atoms with van der Waals surface area (Å²) in [6.07, 6.45) is 0. The first-order valence-electron chi connectivity index (χ1n) is 5.63. The van der Waals surface area contributed by atoms with Crippen molar-refractivity contribution in [2.45, 2.75) is 10.6 Å². The highest BCUT2D eigenvalue weighted by molar-refractivity contribution is 9.10. The third-order valence-corrected chi connectivity index (χ3v) is 4.93. The van der Waals surface area contributed by atoms with E-state index < -0.39 is 16.8 Å². The SMILES string of the molecule is O=C(O)c1ccc(Br)cc1S(=O)Cc1ccccc1Cl. The molecular formula is C14H10BrClO3S. The van der Waals surface area contributed by atoms with Crippen LogP contribution in [0.4, 0.5) is 0 Å². The van der Waals surface area contributed by atoms with Crippen molar-refractivity contribution >= 4 is 44.3 Å². The second-order valence-corrected chi connectivity index (χ2v) is 6.77. The first kappa shape index (κ1) is 15.2. The highest BCUT2D eigenvalue weighted by Crippen LogP contribution is 2.24. The van der Waals surface area contributed by atoms with Gasteiger partial charge in [-0.25, -0.2) is 4.79 Å². The minimum absolute atomic E-state index is 0.0404. The zero-order valence-corrected chi connectivity index (χ0v) is 13.3. The van der Waals surface area contributed by atoms with Gasteiger partial charge in [0.05, 0.1) is 27.0 Å². The average Bonchev–Trinajstić information content (AvgIpc) is 2.40. The Bertz CT molecular complexity index is 688. The summed E-state index contributed by atoms with van der Waals surface area (Å²) in [6, 6.07) is 11.7. The van der Waals surface area contributed by atoms with Gasteiger partial charge in [0.15, 0.2) is 0 Å². The third-order valence-electron chi connectivity index (χ3n) is 2.66. The van der Waals surface area contributed by atoms with Crippen molar-refractivity contribution in [1.29, 1.82) is 0 Å². The number of carboxylic acid groups (broad SMARTS) is 1.